The molecular weight excluding hydrogens is 186 g/mol. The number of nitrogens with one attached hydrogen (secondary N) is 1. The van der Waals surface area contributed by atoms with Gasteiger partial charge in [0.25, 0.3) is 0 Å². The summed E-state index contributed by atoms with van der Waals surface area (Å²) in [4.78, 5) is 8.51. The van der Waals surface area contributed by atoms with E-state index in [2.05, 4.69) is 15.3 Å². The van der Waals surface area contributed by atoms with Gasteiger partial charge in [-0.2, -0.15) is 0 Å². The van der Waals surface area contributed by atoms with Gasteiger partial charge in [-0.1, -0.05) is 0 Å². The molecule has 0 fully saturated rings. The second-order valence-electron chi connectivity index (χ2n) is 2.39. The van der Waals surface area contributed by atoms with Crippen LogP contribution in [0.1, 0.15) is 5.82 Å². The number of ether oxygens (including phenoxy) is 1. The molecule has 72 valence electrons. The average molecular weight is 199 g/mol. The molecule has 0 aromatic carbocycles. The molecule has 0 aliphatic carbocycles. The van der Waals surface area contributed by atoms with Crippen molar-refractivity contribution in [1.29, 1.82) is 0 Å². The molecular formula is C8H13N3OS. The summed E-state index contributed by atoms with van der Waals surface area (Å²) in [7, 11) is 3.47. The standard InChI is InChI=1S/C8H13N3OS/c1-9-6-4-8(13-3)11-7(10-6)5-12-2/h4H,5H2,1-3H3,(H,9,10,11). The van der Waals surface area contributed by atoms with Crippen molar-refractivity contribution in [3.63, 3.8) is 0 Å². The van der Waals surface area contributed by atoms with Crippen molar-refractivity contribution in [1.82, 2.24) is 9.97 Å². The summed E-state index contributed by atoms with van der Waals surface area (Å²) in [5.41, 5.74) is 0. The molecule has 0 bridgehead atoms. The van der Waals surface area contributed by atoms with E-state index < -0.39 is 0 Å². The van der Waals surface area contributed by atoms with Crippen molar-refractivity contribution in [2.45, 2.75) is 11.6 Å². The van der Waals surface area contributed by atoms with E-state index in [1.807, 2.05) is 19.4 Å². The van der Waals surface area contributed by atoms with Crippen LogP contribution in [0.2, 0.25) is 0 Å². The Morgan fingerprint density at radius 3 is 2.85 bits per heavy atom. The maximum absolute atomic E-state index is 4.96. The molecule has 13 heavy (non-hydrogen) atoms. The largest absolute Gasteiger partial charge is 0.377 e. The Morgan fingerprint density at radius 1 is 1.54 bits per heavy atom. The molecule has 0 amide bonds. The maximum Gasteiger partial charge on any atom is 0.157 e. The highest BCUT2D eigenvalue weighted by atomic mass is 32.2. The zero-order chi connectivity index (χ0) is 9.68. The Labute approximate surface area is 82.1 Å². The van der Waals surface area contributed by atoms with Gasteiger partial charge in [0.05, 0.1) is 0 Å². The molecule has 1 heterocycles. The summed E-state index contributed by atoms with van der Waals surface area (Å²) in [5, 5.41) is 3.93. The minimum absolute atomic E-state index is 0.447. The van der Waals surface area contributed by atoms with Crippen LogP contribution in [0.5, 0.6) is 0 Å². The number of thioether (sulfide) groups is 1. The van der Waals surface area contributed by atoms with E-state index in [0.29, 0.717) is 12.4 Å². The monoisotopic (exact) mass is 199 g/mol. The van der Waals surface area contributed by atoms with Gasteiger partial charge in [0, 0.05) is 20.2 Å². The fourth-order valence-corrected chi connectivity index (χ4v) is 1.33. The quantitative estimate of drug-likeness (QED) is 0.586. The van der Waals surface area contributed by atoms with E-state index in [4.69, 9.17) is 4.74 Å². The molecule has 0 spiro atoms. The van der Waals surface area contributed by atoms with E-state index >= 15 is 0 Å². The average Bonchev–Trinajstić information content (AvgIpc) is 2.17. The molecule has 1 rings (SSSR count). The molecule has 0 saturated carbocycles. The van der Waals surface area contributed by atoms with Gasteiger partial charge in [0.15, 0.2) is 5.82 Å². The molecule has 5 heteroatoms. The highest BCUT2D eigenvalue weighted by Crippen LogP contribution is 2.15. The Hall–Kier alpha value is -0.810. The molecule has 0 aliphatic heterocycles. The Morgan fingerprint density at radius 2 is 2.31 bits per heavy atom. The van der Waals surface area contributed by atoms with Crippen molar-refractivity contribution >= 4 is 17.6 Å². The SMILES string of the molecule is CNc1cc(SC)nc(COC)n1. The molecule has 0 atom stereocenters. The second kappa shape index (κ2) is 5.04. The molecule has 4 nitrogen and oxygen atoms in total. The van der Waals surface area contributed by atoms with Crippen LogP contribution >= 0.6 is 11.8 Å². The minimum atomic E-state index is 0.447. The first-order chi connectivity index (χ1) is 6.30. The van der Waals surface area contributed by atoms with Crippen LogP contribution < -0.4 is 5.32 Å². The third kappa shape index (κ3) is 2.86. The van der Waals surface area contributed by atoms with Gasteiger partial charge in [0.1, 0.15) is 17.5 Å². The first-order valence-corrected chi connectivity index (χ1v) is 5.11. The van der Waals surface area contributed by atoms with Crippen LogP contribution in [0.25, 0.3) is 0 Å². The molecule has 0 aliphatic rings. The van der Waals surface area contributed by atoms with Gasteiger partial charge in [-0.05, 0) is 6.26 Å². The Balaban J connectivity index is 2.93. The van der Waals surface area contributed by atoms with Crippen LogP contribution in [-0.4, -0.2) is 30.4 Å². The highest BCUT2D eigenvalue weighted by molar-refractivity contribution is 7.98. The van der Waals surface area contributed by atoms with Crippen LogP contribution in [0.15, 0.2) is 11.1 Å². The van der Waals surface area contributed by atoms with Crippen LogP contribution in [0.4, 0.5) is 5.82 Å². The van der Waals surface area contributed by atoms with Crippen molar-refractivity contribution in [3.05, 3.63) is 11.9 Å². The van der Waals surface area contributed by atoms with Gasteiger partial charge in [0.2, 0.25) is 0 Å². The van der Waals surface area contributed by atoms with E-state index in [0.717, 1.165) is 10.8 Å². The number of hydrogen-bond donors (Lipinski definition) is 1. The van der Waals surface area contributed by atoms with Crippen LogP contribution in [0.3, 0.4) is 0 Å². The van der Waals surface area contributed by atoms with Crippen LogP contribution in [0, 0.1) is 0 Å². The van der Waals surface area contributed by atoms with Crippen molar-refractivity contribution < 1.29 is 4.74 Å². The number of rotatable bonds is 4. The molecule has 0 saturated heterocycles. The summed E-state index contributed by atoms with van der Waals surface area (Å²) in [6, 6.07) is 1.91. The summed E-state index contributed by atoms with van der Waals surface area (Å²) >= 11 is 1.59. The minimum Gasteiger partial charge on any atom is -0.377 e. The van der Waals surface area contributed by atoms with Crippen molar-refractivity contribution in [2.24, 2.45) is 0 Å². The lowest BCUT2D eigenvalue weighted by molar-refractivity contribution is 0.177. The van der Waals surface area contributed by atoms with Crippen molar-refractivity contribution in [3.8, 4) is 0 Å². The number of aromatic nitrogens is 2. The third-order valence-corrected chi connectivity index (χ3v) is 2.12. The zero-order valence-corrected chi connectivity index (χ0v) is 8.81. The summed E-state index contributed by atoms with van der Waals surface area (Å²) in [6.45, 7) is 0.447. The second-order valence-corrected chi connectivity index (χ2v) is 3.22. The fourth-order valence-electron chi connectivity index (χ4n) is 0.899. The first kappa shape index (κ1) is 10.3. The summed E-state index contributed by atoms with van der Waals surface area (Å²) in [5.74, 6) is 1.53. The zero-order valence-electron chi connectivity index (χ0n) is 8.00. The normalized spacial score (nSPS) is 10.1. The van der Waals surface area contributed by atoms with E-state index in [1.54, 1.807) is 18.9 Å². The van der Waals surface area contributed by atoms with Gasteiger partial charge in [-0.25, -0.2) is 9.97 Å². The van der Waals surface area contributed by atoms with Gasteiger partial charge < -0.3 is 10.1 Å². The lowest BCUT2D eigenvalue weighted by Gasteiger charge is -2.04. The highest BCUT2D eigenvalue weighted by Gasteiger charge is 2.01. The van der Waals surface area contributed by atoms with E-state index in [-0.39, 0.29) is 0 Å². The lowest BCUT2D eigenvalue weighted by Crippen LogP contribution is -2.02. The summed E-state index contributed by atoms with van der Waals surface area (Å²) < 4.78 is 4.96. The maximum atomic E-state index is 4.96. The molecule has 1 aromatic heterocycles. The van der Waals surface area contributed by atoms with Crippen LogP contribution in [-0.2, 0) is 11.3 Å². The fraction of sp³-hybridized carbons (Fsp3) is 0.500. The Kier molecular flexibility index (Phi) is 3.98. The lowest BCUT2D eigenvalue weighted by atomic mass is 10.5. The first-order valence-electron chi connectivity index (χ1n) is 3.88. The molecule has 1 aromatic rings. The third-order valence-electron chi connectivity index (χ3n) is 1.49. The van der Waals surface area contributed by atoms with Gasteiger partial charge in [-0.3, -0.25) is 0 Å². The Bertz CT molecular complexity index is 258. The number of nitrogens with zero attached hydrogens (tertiary/aromatic N) is 2. The number of anilines is 1. The number of methoxy groups -OCH3 is 1. The smallest absolute Gasteiger partial charge is 0.157 e. The van der Waals surface area contributed by atoms with Gasteiger partial charge in [-0.15, -0.1) is 11.8 Å². The van der Waals surface area contributed by atoms with E-state index in [1.165, 1.54) is 0 Å². The van der Waals surface area contributed by atoms with Gasteiger partial charge >= 0.3 is 0 Å². The number of hydrogen-bond acceptors (Lipinski definition) is 5. The predicted molar refractivity (Wildman–Crippen MR) is 54.1 cm³/mol. The van der Waals surface area contributed by atoms with E-state index in [9.17, 15) is 0 Å². The topological polar surface area (TPSA) is 47.0 Å². The molecule has 0 unspecified atom stereocenters. The molecule has 1 N–H and O–H groups in total. The van der Waals surface area contributed by atoms with Crippen molar-refractivity contribution in [2.75, 3.05) is 25.7 Å². The molecule has 0 radical (unpaired) electrons. The summed E-state index contributed by atoms with van der Waals surface area (Å²) in [6.07, 6.45) is 1.98. The predicted octanol–water partition coefficient (Wildman–Crippen LogP) is 1.39.